The first-order valence-electron chi connectivity index (χ1n) is 4.49. The van der Waals surface area contributed by atoms with Gasteiger partial charge in [-0.15, -0.1) is 13.2 Å². The zero-order valence-electron chi connectivity index (χ0n) is 9.74. The Morgan fingerprint density at radius 1 is 0.941 bits per heavy atom. The van der Waals surface area contributed by atoms with Gasteiger partial charge in [0.2, 0.25) is 0 Å². The highest BCUT2D eigenvalue weighted by atomic mass is 31.3. The fourth-order valence-electron chi connectivity index (χ4n) is 0.630. The van der Waals surface area contributed by atoms with Crippen LogP contribution in [0.3, 0.4) is 0 Å². The van der Waals surface area contributed by atoms with E-state index < -0.39 is 15.6 Å². The molecule has 0 fully saturated rings. The van der Waals surface area contributed by atoms with Crippen molar-refractivity contribution in [2.24, 2.45) is 0 Å². The molecule has 0 aliphatic heterocycles. The van der Waals surface area contributed by atoms with Gasteiger partial charge in [0, 0.05) is 14.2 Å². The van der Waals surface area contributed by atoms with Crippen molar-refractivity contribution in [2.45, 2.75) is 0 Å². The largest absolute Gasteiger partial charge is 0.483 e. The van der Waals surface area contributed by atoms with Crippen LogP contribution in [0, 0.1) is 0 Å². The molecule has 2 atom stereocenters. The average Bonchev–Trinajstić information content (AvgIpc) is 2.34. The van der Waals surface area contributed by atoms with Crippen LogP contribution in [-0.2, 0) is 31.5 Å². The summed E-state index contributed by atoms with van der Waals surface area (Å²) in [6.45, 7) is 6.52. The van der Waals surface area contributed by atoms with Gasteiger partial charge < -0.3 is 0 Å². The fraction of sp³-hybridized carbons (Fsp3) is 0.500. The van der Waals surface area contributed by atoms with Gasteiger partial charge in [-0.1, -0.05) is 12.2 Å². The minimum absolute atomic E-state index is 0.101. The Morgan fingerprint density at radius 3 is 1.53 bits per heavy atom. The maximum Gasteiger partial charge on any atom is 0.483 e. The minimum atomic E-state index is -4.01. The Hall–Kier alpha value is -0.260. The molecule has 7 nitrogen and oxygen atoms in total. The van der Waals surface area contributed by atoms with Crippen LogP contribution in [0.15, 0.2) is 25.3 Å². The maximum atomic E-state index is 11.8. The second-order valence-corrected chi connectivity index (χ2v) is 6.20. The first-order valence-corrected chi connectivity index (χ1v) is 7.41. The Labute approximate surface area is 101 Å². The molecular formula is C8H16O7P2. The molecule has 0 aromatic heterocycles. The number of rotatable bonds is 10. The van der Waals surface area contributed by atoms with Crippen LogP contribution in [0.5, 0.6) is 0 Å². The van der Waals surface area contributed by atoms with Crippen LogP contribution >= 0.6 is 15.6 Å². The lowest BCUT2D eigenvalue weighted by Crippen LogP contribution is -2.01. The molecule has 0 aromatic rings. The van der Waals surface area contributed by atoms with Gasteiger partial charge in [0.1, 0.15) is 0 Å². The van der Waals surface area contributed by atoms with Gasteiger partial charge >= 0.3 is 15.6 Å². The van der Waals surface area contributed by atoms with Gasteiger partial charge in [-0.25, -0.2) is 9.13 Å². The molecule has 17 heavy (non-hydrogen) atoms. The van der Waals surface area contributed by atoms with Crippen molar-refractivity contribution >= 4 is 15.6 Å². The van der Waals surface area contributed by atoms with Gasteiger partial charge in [-0.05, 0) is 0 Å². The zero-order chi connectivity index (χ0) is 13.4. The van der Waals surface area contributed by atoms with Crippen molar-refractivity contribution in [1.82, 2.24) is 0 Å². The summed E-state index contributed by atoms with van der Waals surface area (Å²) in [6, 6.07) is 0. The Balaban J connectivity index is 4.70. The summed E-state index contributed by atoms with van der Waals surface area (Å²) in [5.41, 5.74) is 0. The zero-order valence-corrected chi connectivity index (χ0v) is 11.5. The number of hydrogen-bond donors (Lipinski definition) is 0. The minimum Gasteiger partial charge on any atom is -0.290 e. The molecule has 0 rings (SSSR count). The maximum absolute atomic E-state index is 11.8. The van der Waals surface area contributed by atoms with Crippen molar-refractivity contribution in [3.8, 4) is 0 Å². The van der Waals surface area contributed by atoms with E-state index in [1.54, 1.807) is 0 Å². The van der Waals surface area contributed by atoms with E-state index in [9.17, 15) is 9.13 Å². The lowest BCUT2D eigenvalue weighted by Gasteiger charge is -2.19. The van der Waals surface area contributed by atoms with Gasteiger partial charge in [-0.2, -0.15) is 4.31 Å². The summed E-state index contributed by atoms with van der Waals surface area (Å²) in [4.78, 5) is 0. The molecule has 0 aliphatic rings. The third-order valence-electron chi connectivity index (χ3n) is 1.35. The fourth-order valence-corrected chi connectivity index (χ4v) is 3.31. The van der Waals surface area contributed by atoms with E-state index in [4.69, 9.17) is 9.05 Å². The summed E-state index contributed by atoms with van der Waals surface area (Å²) in [5, 5.41) is 0. The second kappa shape index (κ2) is 7.95. The molecule has 0 N–H and O–H groups in total. The molecule has 0 saturated carbocycles. The van der Waals surface area contributed by atoms with Crippen molar-refractivity contribution < 1.29 is 31.5 Å². The Morgan fingerprint density at radius 2 is 1.29 bits per heavy atom. The predicted molar refractivity (Wildman–Crippen MR) is 62.6 cm³/mol. The SMILES string of the molecule is C=CCOP(=O)(OC)OP(=O)(OC)OCC=C. The van der Waals surface area contributed by atoms with Crippen molar-refractivity contribution in [3.63, 3.8) is 0 Å². The molecule has 9 heteroatoms. The van der Waals surface area contributed by atoms with Crippen molar-refractivity contribution in [3.05, 3.63) is 25.3 Å². The molecule has 0 aliphatic carbocycles. The van der Waals surface area contributed by atoms with E-state index in [0.717, 1.165) is 14.2 Å². The summed E-state index contributed by atoms with van der Waals surface area (Å²) in [7, 11) is -5.87. The number of phosphoric ester groups is 2. The van der Waals surface area contributed by atoms with Gasteiger partial charge in [0.25, 0.3) is 0 Å². The third-order valence-corrected chi connectivity index (χ3v) is 4.77. The molecule has 0 radical (unpaired) electrons. The summed E-state index contributed by atoms with van der Waals surface area (Å²) in [5.74, 6) is 0. The molecule has 100 valence electrons. The Kier molecular flexibility index (Phi) is 7.83. The van der Waals surface area contributed by atoms with Crippen LogP contribution < -0.4 is 0 Å². The first-order chi connectivity index (χ1) is 7.95. The van der Waals surface area contributed by atoms with Crippen LogP contribution in [0.4, 0.5) is 0 Å². The second-order valence-electron chi connectivity index (χ2n) is 2.51. The summed E-state index contributed by atoms with van der Waals surface area (Å²) >= 11 is 0. The lowest BCUT2D eigenvalue weighted by atomic mass is 10.7. The van der Waals surface area contributed by atoms with E-state index in [2.05, 4.69) is 26.5 Å². The highest BCUT2D eigenvalue weighted by Crippen LogP contribution is 2.65. The topological polar surface area (TPSA) is 80.3 Å². The highest BCUT2D eigenvalue weighted by molar-refractivity contribution is 7.62. The van der Waals surface area contributed by atoms with E-state index in [1.807, 2.05) is 0 Å². The first kappa shape index (κ1) is 16.7. The molecule has 0 aromatic carbocycles. The third kappa shape index (κ3) is 6.29. The normalized spacial score (nSPS) is 18.0. The quantitative estimate of drug-likeness (QED) is 0.451. The molecule has 0 heterocycles. The van der Waals surface area contributed by atoms with Gasteiger partial charge in [-0.3, -0.25) is 18.1 Å². The van der Waals surface area contributed by atoms with Crippen LogP contribution in [0.2, 0.25) is 0 Å². The van der Waals surface area contributed by atoms with Crippen molar-refractivity contribution in [1.29, 1.82) is 0 Å². The van der Waals surface area contributed by atoms with Gasteiger partial charge in [0.05, 0.1) is 13.2 Å². The molecule has 2 unspecified atom stereocenters. The van der Waals surface area contributed by atoms with E-state index in [-0.39, 0.29) is 13.2 Å². The van der Waals surface area contributed by atoms with Crippen LogP contribution in [0.1, 0.15) is 0 Å². The van der Waals surface area contributed by atoms with Crippen molar-refractivity contribution in [2.75, 3.05) is 27.4 Å². The van der Waals surface area contributed by atoms with Gasteiger partial charge in [0.15, 0.2) is 0 Å². The standard InChI is InChI=1S/C8H16O7P2/c1-5-7-13-16(9,11-3)15-17(10,12-4)14-8-6-2/h5-6H,1-2,7-8H2,3-4H3. The van der Waals surface area contributed by atoms with Crippen LogP contribution in [-0.4, -0.2) is 27.4 Å². The molecule has 0 amide bonds. The number of phosphoric acid groups is 2. The smallest absolute Gasteiger partial charge is 0.290 e. The lowest BCUT2D eigenvalue weighted by molar-refractivity contribution is 0.144. The molecule has 0 spiro atoms. The highest BCUT2D eigenvalue weighted by Gasteiger charge is 2.38. The van der Waals surface area contributed by atoms with E-state index in [0.29, 0.717) is 0 Å². The van der Waals surface area contributed by atoms with E-state index in [1.165, 1.54) is 12.2 Å². The Bertz CT molecular complexity index is 309. The average molecular weight is 286 g/mol. The summed E-state index contributed by atoms with van der Waals surface area (Å²) in [6.07, 6.45) is 2.66. The number of hydrogen-bond acceptors (Lipinski definition) is 7. The monoisotopic (exact) mass is 286 g/mol. The van der Waals surface area contributed by atoms with E-state index >= 15 is 0 Å². The van der Waals surface area contributed by atoms with Crippen LogP contribution in [0.25, 0.3) is 0 Å². The summed E-state index contributed by atoms with van der Waals surface area (Å²) < 4.78 is 46.8. The predicted octanol–water partition coefficient (Wildman–Crippen LogP) is 2.92. The molecular weight excluding hydrogens is 270 g/mol. The molecule has 0 saturated heterocycles. The molecule has 0 bridgehead atoms.